The molecule has 0 N–H and O–H groups in total. The summed E-state index contributed by atoms with van der Waals surface area (Å²) in [5.74, 6) is 0.144. The van der Waals surface area contributed by atoms with Crippen LogP contribution in [0.4, 0.5) is 5.69 Å². The SMILES string of the molecule is O=[N+]([O-])c1c(Cl)ncnc1OCC1CCOC1. The number of nitrogens with zero attached hydrogens (tertiary/aromatic N) is 3. The quantitative estimate of drug-likeness (QED) is 0.462. The van der Waals surface area contributed by atoms with Gasteiger partial charge < -0.3 is 9.47 Å². The van der Waals surface area contributed by atoms with Gasteiger partial charge in [0.25, 0.3) is 5.88 Å². The van der Waals surface area contributed by atoms with Crippen LogP contribution >= 0.6 is 11.6 Å². The number of hydrogen-bond acceptors (Lipinski definition) is 6. The van der Waals surface area contributed by atoms with Crippen LogP contribution in [0, 0.1) is 16.0 Å². The summed E-state index contributed by atoms with van der Waals surface area (Å²) in [7, 11) is 0. The first-order valence-corrected chi connectivity index (χ1v) is 5.41. The number of hydrogen-bond donors (Lipinski definition) is 0. The maximum Gasteiger partial charge on any atom is 0.367 e. The third-order valence-electron chi connectivity index (χ3n) is 2.41. The predicted molar refractivity (Wildman–Crippen MR) is 58.1 cm³/mol. The average Bonchev–Trinajstić information content (AvgIpc) is 2.78. The van der Waals surface area contributed by atoms with Crippen LogP contribution in [0.5, 0.6) is 5.88 Å². The zero-order valence-electron chi connectivity index (χ0n) is 8.84. The van der Waals surface area contributed by atoms with Gasteiger partial charge in [-0.2, -0.15) is 4.98 Å². The van der Waals surface area contributed by atoms with Crippen LogP contribution in [-0.2, 0) is 4.74 Å². The predicted octanol–water partition coefficient (Wildman–Crippen LogP) is 1.45. The summed E-state index contributed by atoms with van der Waals surface area (Å²) in [5.41, 5.74) is -0.395. The summed E-state index contributed by atoms with van der Waals surface area (Å²) >= 11 is 5.62. The summed E-state index contributed by atoms with van der Waals surface area (Å²) in [6, 6.07) is 0. The zero-order chi connectivity index (χ0) is 12.3. The van der Waals surface area contributed by atoms with Crippen molar-refractivity contribution in [2.24, 2.45) is 5.92 Å². The lowest BCUT2D eigenvalue weighted by Crippen LogP contribution is -2.13. The minimum Gasteiger partial charge on any atom is -0.472 e. The van der Waals surface area contributed by atoms with Crippen molar-refractivity contribution in [1.29, 1.82) is 0 Å². The molecule has 92 valence electrons. The van der Waals surface area contributed by atoms with Crippen LogP contribution in [-0.4, -0.2) is 34.7 Å². The van der Waals surface area contributed by atoms with Crippen molar-refractivity contribution in [3.05, 3.63) is 21.6 Å². The van der Waals surface area contributed by atoms with Crippen molar-refractivity contribution < 1.29 is 14.4 Å². The van der Waals surface area contributed by atoms with Gasteiger partial charge in [-0.15, -0.1) is 0 Å². The van der Waals surface area contributed by atoms with E-state index in [9.17, 15) is 10.1 Å². The topological polar surface area (TPSA) is 87.4 Å². The van der Waals surface area contributed by atoms with E-state index in [1.54, 1.807) is 0 Å². The highest BCUT2D eigenvalue weighted by atomic mass is 35.5. The van der Waals surface area contributed by atoms with Crippen LogP contribution in [0.3, 0.4) is 0 Å². The van der Waals surface area contributed by atoms with Gasteiger partial charge in [-0.1, -0.05) is 11.6 Å². The van der Waals surface area contributed by atoms with Gasteiger partial charge in [0.2, 0.25) is 5.15 Å². The molecule has 1 saturated heterocycles. The van der Waals surface area contributed by atoms with Crippen LogP contribution < -0.4 is 4.74 Å². The van der Waals surface area contributed by atoms with Gasteiger partial charge in [-0.3, -0.25) is 10.1 Å². The molecule has 1 aliphatic rings. The van der Waals surface area contributed by atoms with E-state index in [0.29, 0.717) is 19.8 Å². The van der Waals surface area contributed by atoms with E-state index in [1.165, 1.54) is 0 Å². The Hall–Kier alpha value is -1.47. The molecule has 17 heavy (non-hydrogen) atoms. The lowest BCUT2D eigenvalue weighted by atomic mass is 10.1. The molecule has 1 fully saturated rings. The fourth-order valence-electron chi connectivity index (χ4n) is 1.51. The first-order chi connectivity index (χ1) is 8.18. The number of ether oxygens (including phenoxy) is 2. The van der Waals surface area contributed by atoms with Gasteiger partial charge in [0.05, 0.1) is 18.1 Å². The van der Waals surface area contributed by atoms with Gasteiger partial charge in [0, 0.05) is 12.5 Å². The number of nitro groups is 1. The van der Waals surface area contributed by atoms with Crippen LogP contribution in [0.15, 0.2) is 6.33 Å². The molecule has 0 aromatic carbocycles. The molecule has 7 nitrogen and oxygen atoms in total. The number of rotatable bonds is 4. The second-order valence-corrected chi connectivity index (χ2v) is 3.97. The van der Waals surface area contributed by atoms with Crippen molar-refractivity contribution in [2.75, 3.05) is 19.8 Å². The summed E-state index contributed by atoms with van der Waals surface area (Å²) in [6.07, 6.45) is 2.02. The van der Waals surface area contributed by atoms with Gasteiger partial charge in [0.15, 0.2) is 0 Å². The monoisotopic (exact) mass is 259 g/mol. The standard InChI is InChI=1S/C9H10ClN3O4/c10-8-7(13(14)15)9(12-5-11-8)17-4-6-1-2-16-3-6/h5-6H,1-4H2. The van der Waals surface area contributed by atoms with E-state index < -0.39 is 10.6 Å². The Morgan fingerprint density at radius 3 is 3.12 bits per heavy atom. The largest absolute Gasteiger partial charge is 0.472 e. The lowest BCUT2D eigenvalue weighted by molar-refractivity contribution is -0.386. The van der Waals surface area contributed by atoms with Crippen LogP contribution in [0.25, 0.3) is 0 Å². The highest BCUT2D eigenvalue weighted by Gasteiger charge is 2.24. The molecule has 0 saturated carbocycles. The number of halogens is 1. The summed E-state index contributed by atoms with van der Waals surface area (Å²) in [6.45, 7) is 1.63. The van der Waals surface area contributed by atoms with E-state index in [-0.39, 0.29) is 17.0 Å². The normalized spacial score (nSPS) is 19.2. The molecule has 0 spiro atoms. The maximum absolute atomic E-state index is 10.8. The molecule has 1 atom stereocenters. The van der Waals surface area contributed by atoms with Crippen molar-refractivity contribution >= 4 is 17.3 Å². The fourth-order valence-corrected chi connectivity index (χ4v) is 1.71. The smallest absolute Gasteiger partial charge is 0.367 e. The van der Waals surface area contributed by atoms with E-state index in [4.69, 9.17) is 21.1 Å². The Morgan fingerprint density at radius 2 is 2.47 bits per heavy atom. The van der Waals surface area contributed by atoms with Crippen molar-refractivity contribution in [2.45, 2.75) is 6.42 Å². The number of aromatic nitrogens is 2. The molecular formula is C9H10ClN3O4. The highest BCUT2D eigenvalue weighted by Crippen LogP contribution is 2.30. The van der Waals surface area contributed by atoms with Crippen molar-refractivity contribution in [3.8, 4) is 5.88 Å². The third kappa shape index (κ3) is 2.80. The van der Waals surface area contributed by atoms with Crippen LogP contribution in [0.2, 0.25) is 5.15 Å². The average molecular weight is 260 g/mol. The molecule has 1 aliphatic heterocycles. The Labute approximate surface area is 102 Å². The van der Waals surface area contributed by atoms with E-state index in [0.717, 1.165) is 12.7 Å². The molecule has 1 aromatic heterocycles. The molecule has 1 unspecified atom stereocenters. The molecule has 1 aromatic rings. The second kappa shape index (κ2) is 5.24. The van der Waals surface area contributed by atoms with Gasteiger partial charge in [-0.25, -0.2) is 4.98 Å². The van der Waals surface area contributed by atoms with E-state index >= 15 is 0 Å². The van der Waals surface area contributed by atoms with Crippen molar-refractivity contribution in [1.82, 2.24) is 9.97 Å². The first kappa shape index (κ1) is 12.0. The Bertz CT molecular complexity index is 423. The molecule has 2 heterocycles. The minimum absolute atomic E-state index is 0.0955. The van der Waals surface area contributed by atoms with Gasteiger partial charge in [-0.05, 0) is 6.42 Å². The zero-order valence-corrected chi connectivity index (χ0v) is 9.59. The highest BCUT2D eigenvalue weighted by molar-refractivity contribution is 6.31. The molecule has 8 heteroatoms. The molecule has 0 bridgehead atoms. The van der Waals surface area contributed by atoms with Crippen molar-refractivity contribution in [3.63, 3.8) is 0 Å². The Balaban J connectivity index is 2.09. The van der Waals surface area contributed by atoms with E-state index in [1.807, 2.05) is 0 Å². The molecule has 0 aliphatic carbocycles. The van der Waals surface area contributed by atoms with Gasteiger partial charge in [0.1, 0.15) is 6.33 Å². The second-order valence-electron chi connectivity index (χ2n) is 3.62. The summed E-state index contributed by atoms with van der Waals surface area (Å²) in [4.78, 5) is 17.4. The fraction of sp³-hybridized carbons (Fsp3) is 0.556. The lowest BCUT2D eigenvalue weighted by Gasteiger charge is -2.09. The summed E-state index contributed by atoms with van der Waals surface area (Å²) < 4.78 is 10.5. The van der Waals surface area contributed by atoms with Gasteiger partial charge >= 0.3 is 5.69 Å². The van der Waals surface area contributed by atoms with E-state index in [2.05, 4.69) is 9.97 Å². The maximum atomic E-state index is 10.8. The molecule has 0 amide bonds. The third-order valence-corrected chi connectivity index (χ3v) is 2.68. The first-order valence-electron chi connectivity index (χ1n) is 5.04. The Kier molecular flexibility index (Phi) is 3.70. The molecule has 0 radical (unpaired) electrons. The minimum atomic E-state index is -0.650. The van der Waals surface area contributed by atoms with Crippen LogP contribution in [0.1, 0.15) is 6.42 Å². The molecular weight excluding hydrogens is 250 g/mol. The molecule has 2 rings (SSSR count). The Morgan fingerprint density at radius 1 is 1.65 bits per heavy atom. The summed E-state index contributed by atoms with van der Waals surface area (Å²) in [5, 5.41) is 10.6.